The maximum Gasteiger partial charge on any atom is 0.407 e. The zero-order chi connectivity index (χ0) is 33.3. The van der Waals surface area contributed by atoms with Crippen LogP contribution in [0.1, 0.15) is 45.1 Å². The number of hydrogen-bond donors (Lipinski definition) is 2. The molecule has 3 atom stereocenters. The number of carboxylic acid groups (broad SMARTS) is 1. The highest BCUT2D eigenvalue weighted by atomic mass is 32.2. The van der Waals surface area contributed by atoms with Crippen LogP contribution in [0.3, 0.4) is 0 Å². The number of benzene rings is 2. The fraction of sp³-hybridized carbons (Fsp3) is 0.562. The zero-order valence-electron chi connectivity index (χ0n) is 26.6. The van der Waals surface area contributed by atoms with Crippen LogP contribution >= 0.6 is 0 Å². The van der Waals surface area contributed by atoms with Gasteiger partial charge in [-0.15, -0.1) is 0 Å². The van der Waals surface area contributed by atoms with E-state index in [-0.39, 0.29) is 31.2 Å². The molecule has 0 aromatic heterocycles. The van der Waals surface area contributed by atoms with E-state index in [2.05, 4.69) is 5.32 Å². The second kappa shape index (κ2) is 15.8. The van der Waals surface area contributed by atoms with Gasteiger partial charge in [-0.2, -0.15) is 4.31 Å². The molecule has 1 fully saturated rings. The number of fused-ring (bicyclic) bond motifs is 1. The Kier molecular flexibility index (Phi) is 12.1. The average Bonchev–Trinajstić information content (AvgIpc) is 3.70. The van der Waals surface area contributed by atoms with Gasteiger partial charge in [0, 0.05) is 39.2 Å². The minimum absolute atomic E-state index is 0.0165. The first-order valence-electron chi connectivity index (χ1n) is 15.4. The highest BCUT2D eigenvalue weighted by Crippen LogP contribution is 2.36. The predicted octanol–water partition coefficient (Wildman–Crippen LogP) is 2.36. The summed E-state index contributed by atoms with van der Waals surface area (Å²) in [5, 5.41) is 25.4. The lowest BCUT2D eigenvalue weighted by Crippen LogP contribution is -2.52. The van der Waals surface area contributed by atoms with Gasteiger partial charge >= 0.3 is 6.09 Å². The molecule has 2 aliphatic heterocycles. The summed E-state index contributed by atoms with van der Waals surface area (Å²) in [6.07, 6.45) is -1.10. The van der Waals surface area contributed by atoms with Crippen LogP contribution in [0, 0.1) is 5.41 Å². The summed E-state index contributed by atoms with van der Waals surface area (Å²) in [7, 11) is -2.73. The lowest BCUT2D eigenvalue weighted by molar-refractivity contribution is -0.264. The Morgan fingerprint density at radius 1 is 1.13 bits per heavy atom. The molecule has 0 saturated carbocycles. The van der Waals surface area contributed by atoms with Gasteiger partial charge in [0.15, 0.2) is 11.5 Å². The molecular formula is C32H44N3O10S-. The van der Waals surface area contributed by atoms with Crippen molar-refractivity contribution in [3.63, 3.8) is 0 Å². The minimum atomic E-state index is -4.18. The molecular weight excluding hydrogens is 618 g/mol. The van der Waals surface area contributed by atoms with Gasteiger partial charge in [-0.1, -0.05) is 50.6 Å². The molecule has 0 unspecified atom stereocenters. The molecule has 2 aliphatic rings. The normalized spacial score (nSPS) is 17.5. The fourth-order valence-corrected chi connectivity index (χ4v) is 7.13. The summed E-state index contributed by atoms with van der Waals surface area (Å²) in [4.78, 5) is 25.0. The third-order valence-electron chi connectivity index (χ3n) is 8.11. The summed E-state index contributed by atoms with van der Waals surface area (Å²) in [5.74, 6) is 0.742. The van der Waals surface area contributed by atoms with Crippen LogP contribution in [0.15, 0.2) is 53.4 Å². The Hall–Kier alpha value is -3.59. The van der Waals surface area contributed by atoms with E-state index in [4.69, 9.17) is 18.9 Å². The summed E-state index contributed by atoms with van der Waals surface area (Å²) in [6.45, 7) is 4.62. The van der Waals surface area contributed by atoms with Gasteiger partial charge in [0.1, 0.15) is 12.2 Å². The van der Waals surface area contributed by atoms with E-state index in [0.717, 1.165) is 10.5 Å². The third kappa shape index (κ3) is 9.95. The summed E-state index contributed by atoms with van der Waals surface area (Å²) < 4.78 is 51.2. The maximum absolute atomic E-state index is 14.2. The van der Waals surface area contributed by atoms with E-state index in [1.807, 2.05) is 44.2 Å². The predicted molar refractivity (Wildman–Crippen MR) is 166 cm³/mol. The van der Waals surface area contributed by atoms with E-state index in [0.29, 0.717) is 56.9 Å². The second-order valence-corrected chi connectivity index (χ2v) is 14.5. The van der Waals surface area contributed by atoms with Crippen molar-refractivity contribution in [2.24, 2.45) is 5.41 Å². The van der Waals surface area contributed by atoms with Crippen molar-refractivity contribution < 1.29 is 47.2 Å². The molecule has 0 radical (unpaired) electrons. The van der Waals surface area contributed by atoms with E-state index in [9.17, 15) is 28.2 Å². The van der Waals surface area contributed by atoms with Crippen molar-refractivity contribution in [1.29, 1.82) is 0 Å². The lowest BCUT2D eigenvalue weighted by atomic mass is 9.87. The third-order valence-corrected chi connectivity index (χ3v) is 9.92. The maximum atomic E-state index is 14.2. The molecule has 2 N–H and O–H groups in total. The van der Waals surface area contributed by atoms with Gasteiger partial charge in [0.05, 0.1) is 30.3 Å². The van der Waals surface area contributed by atoms with E-state index in [1.54, 1.807) is 0 Å². The van der Waals surface area contributed by atoms with Crippen LogP contribution in [0.5, 0.6) is 11.5 Å². The van der Waals surface area contributed by atoms with Crippen LogP contribution in [0.25, 0.3) is 0 Å². The first-order chi connectivity index (χ1) is 21.8. The largest absolute Gasteiger partial charge is 0.530 e. The highest BCUT2D eigenvalue weighted by Gasteiger charge is 2.36. The van der Waals surface area contributed by atoms with Gasteiger partial charge in [-0.05, 0) is 42.4 Å². The Morgan fingerprint density at radius 3 is 2.57 bits per heavy atom. The lowest BCUT2D eigenvalue weighted by Gasteiger charge is -2.35. The van der Waals surface area contributed by atoms with Gasteiger partial charge in [-0.3, -0.25) is 0 Å². The number of unbranched alkanes of at least 4 members (excludes halogenated alkanes) is 1. The zero-order valence-corrected chi connectivity index (χ0v) is 27.4. The monoisotopic (exact) mass is 662 g/mol. The fourth-order valence-electron chi connectivity index (χ4n) is 5.46. The topological polar surface area (TPSA) is 167 Å². The Labute approximate surface area is 270 Å². The number of carbonyl (C=O) groups is 2. The molecule has 2 aromatic carbocycles. The number of alkyl carbamates (subject to hydrolysis) is 1. The number of hydrogen-bond acceptors (Lipinski definition) is 10. The molecule has 4 rings (SSSR count). The molecule has 2 amide bonds. The summed E-state index contributed by atoms with van der Waals surface area (Å²) in [5.41, 5.74) is 0.274. The number of amides is 2. The smallest absolute Gasteiger partial charge is 0.407 e. The summed E-state index contributed by atoms with van der Waals surface area (Å²) in [6, 6.07) is 12.8. The van der Waals surface area contributed by atoms with Gasteiger partial charge in [-0.25, -0.2) is 13.2 Å². The molecule has 0 spiro atoms. The van der Waals surface area contributed by atoms with E-state index >= 15 is 0 Å². The molecule has 14 heteroatoms. The van der Waals surface area contributed by atoms with Crippen LogP contribution in [-0.4, -0.2) is 99.9 Å². The standard InChI is InChI=1S/C32H45N3O10S/c1-32(2,14-7-8-15-34(3)31(38)39)21-35(46(40,41)25-11-12-28-29(18-25)44-22-43-28)19-27(36)26(17-23-9-5-4-6-10-23)33-30(37)45-24-13-16-42-20-24/h4-6,9-12,18,24,26-27,36H,7-8,13-17,19-22H2,1-3H3,(H,33,37)(H,38,39)/p-1/t24-,26-,27+/m0/s1. The van der Waals surface area contributed by atoms with E-state index < -0.39 is 45.9 Å². The molecule has 0 aliphatic carbocycles. The SMILES string of the molecule is CN(CCCCC(C)(C)CN(C[C@@H](O)[C@H](Cc1ccccc1)NC(=O)O[C@H]1CCOC1)S(=O)(=O)c1ccc2c(c1)OCO2)C(=O)[O-]. The first kappa shape index (κ1) is 35.3. The Bertz CT molecular complexity index is 1420. The Balaban J connectivity index is 1.55. The number of rotatable bonds is 16. The summed E-state index contributed by atoms with van der Waals surface area (Å²) >= 11 is 0. The molecule has 2 aromatic rings. The second-order valence-electron chi connectivity index (χ2n) is 12.5. The average molecular weight is 663 g/mol. The number of carbonyl (C=O) groups excluding carboxylic acids is 2. The quantitative estimate of drug-likeness (QED) is 0.255. The van der Waals surface area contributed by atoms with Crippen LogP contribution in [0.2, 0.25) is 0 Å². The van der Waals surface area contributed by atoms with Crippen molar-refractivity contribution >= 4 is 22.2 Å². The molecule has 46 heavy (non-hydrogen) atoms. The molecule has 0 bridgehead atoms. The molecule has 1 saturated heterocycles. The number of aliphatic hydroxyl groups is 1. The van der Waals surface area contributed by atoms with Crippen LogP contribution in [0.4, 0.5) is 9.59 Å². The number of aliphatic hydroxyl groups excluding tert-OH is 1. The van der Waals surface area contributed by atoms with Gasteiger partial charge < -0.3 is 44.2 Å². The molecule has 2 heterocycles. The van der Waals surface area contributed by atoms with Gasteiger partial charge in [0.2, 0.25) is 16.8 Å². The number of nitrogens with zero attached hydrogens (tertiary/aromatic N) is 2. The Morgan fingerprint density at radius 2 is 1.87 bits per heavy atom. The number of nitrogens with one attached hydrogen (secondary N) is 1. The van der Waals surface area contributed by atoms with Crippen molar-refractivity contribution in [3.05, 3.63) is 54.1 Å². The molecule has 254 valence electrons. The number of sulfonamides is 1. The first-order valence-corrected chi connectivity index (χ1v) is 16.9. The van der Waals surface area contributed by atoms with Crippen molar-refractivity contribution in [1.82, 2.24) is 14.5 Å². The van der Waals surface area contributed by atoms with Crippen molar-refractivity contribution in [2.75, 3.05) is 46.7 Å². The number of ether oxygens (including phenoxy) is 4. The highest BCUT2D eigenvalue weighted by molar-refractivity contribution is 7.89. The van der Waals surface area contributed by atoms with Crippen molar-refractivity contribution in [3.8, 4) is 11.5 Å². The molecule has 13 nitrogen and oxygen atoms in total. The minimum Gasteiger partial charge on any atom is -0.530 e. The van der Waals surface area contributed by atoms with Crippen molar-refractivity contribution in [2.45, 2.75) is 69.1 Å². The van der Waals surface area contributed by atoms with Crippen LogP contribution < -0.4 is 19.9 Å². The van der Waals surface area contributed by atoms with E-state index in [1.165, 1.54) is 29.6 Å². The van der Waals surface area contributed by atoms with Crippen LogP contribution in [-0.2, 0) is 25.9 Å². The van der Waals surface area contributed by atoms with Gasteiger partial charge in [0.25, 0.3) is 0 Å².